The number of nitriles is 1. The number of anilines is 4. The lowest BCUT2D eigenvalue weighted by molar-refractivity contribution is -0.131. The van der Waals surface area contributed by atoms with Crippen molar-refractivity contribution in [2.75, 3.05) is 119 Å². The second kappa shape index (κ2) is 31.6. The van der Waals surface area contributed by atoms with Gasteiger partial charge in [-0.1, -0.05) is 103 Å². The topological polar surface area (TPSA) is 294 Å². The minimum atomic E-state index is -1.03. The number of carbonyl (C=O) groups is 3. The first kappa shape index (κ1) is 74.2. The Hall–Kier alpha value is -12.1. The molecule has 0 saturated carbocycles. The number of hydrogen-bond acceptors (Lipinski definition) is 22. The maximum absolute atomic E-state index is 16.2. The number of nitrogens with one attached hydrogen (secondary N) is 1. The van der Waals surface area contributed by atoms with Crippen molar-refractivity contribution >= 4 is 130 Å². The van der Waals surface area contributed by atoms with Gasteiger partial charge in [0.05, 0.1) is 79.6 Å². The molecular weight excluding hydrogens is 1470 g/mol. The van der Waals surface area contributed by atoms with Crippen LogP contribution in [0.15, 0.2) is 135 Å². The molecule has 3 N–H and O–H groups in total. The van der Waals surface area contributed by atoms with Gasteiger partial charge in [-0.2, -0.15) is 45.2 Å². The molecule has 0 aliphatic carbocycles. The Kier molecular flexibility index (Phi) is 21.7. The molecule has 33 heteroatoms. The number of pyridine rings is 1. The summed E-state index contributed by atoms with van der Waals surface area (Å²) >= 11 is 19.2. The third-order valence-corrected chi connectivity index (χ3v) is 19.7. The summed E-state index contributed by atoms with van der Waals surface area (Å²) in [5, 5.41) is 41.4. The van der Waals surface area contributed by atoms with Crippen LogP contribution < -0.4 is 38.5 Å². The molecule has 11 aromatic rings. The maximum atomic E-state index is 16.2. The SMILES string of the molecule is C=C(F)C(=O)N1CCN(c2nc(OC)nc3c(F)c(-c4cc(O)cc5ccccc45)c(Cl)cc23)CC1.C=C(F)C(=O)N1CCN(c2nc(OC)nc3c2CCN(c2cc(O)cc4ccccc24)C3)C[C@@H]1CC#N.C=CC(=O)N1CCN(c2nc(OC)nc3c(Oc4c(Cl)c(F)cc5[nH]ncc45)nc(Cl)cc23)CC1. The van der Waals surface area contributed by atoms with Crippen LogP contribution in [0.4, 0.5) is 40.7 Å². The number of aromatic nitrogens is 9. The molecule has 3 fully saturated rings. The number of amides is 3. The number of phenolic OH excluding ortho intramolecular Hbond substituents is 2. The molecule has 108 heavy (non-hydrogen) atoms. The van der Waals surface area contributed by atoms with Gasteiger partial charge in [-0.05, 0) is 64.6 Å². The van der Waals surface area contributed by atoms with E-state index in [2.05, 4.69) is 75.8 Å². The number of halogens is 7. The van der Waals surface area contributed by atoms with E-state index in [4.69, 9.17) is 53.8 Å². The molecule has 4 aliphatic rings. The number of piperazine rings is 3. The summed E-state index contributed by atoms with van der Waals surface area (Å²) in [6, 6.07) is 28.1. The lowest BCUT2D eigenvalue weighted by atomic mass is 9.96. The van der Waals surface area contributed by atoms with Crippen molar-refractivity contribution in [3.8, 4) is 58.4 Å². The van der Waals surface area contributed by atoms with Gasteiger partial charge in [0.15, 0.2) is 23.2 Å². The number of aromatic hydroxyl groups is 2. The molecule has 15 rings (SSSR count). The van der Waals surface area contributed by atoms with Crippen molar-refractivity contribution in [1.82, 2.24) is 59.8 Å². The van der Waals surface area contributed by atoms with Gasteiger partial charge in [0.25, 0.3) is 11.8 Å². The van der Waals surface area contributed by atoms with Gasteiger partial charge in [0.1, 0.15) is 56.0 Å². The van der Waals surface area contributed by atoms with Crippen molar-refractivity contribution in [3.05, 3.63) is 173 Å². The normalized spacial score (nSPS) is 15.1. The van der Waals surface area contributed by atoms with Crippen LogP contribution in [0.5, 0.6) is 41.2 Å². The van der Waals surface area contributed by atoms with Gasteiger partial charge in [-0.3, -0.25) is 19.5 Å². The highest BCUT2D eigenvalue weighted by atomic mass is 35.5. The van der Waals surface area contributed by atoms with Crippen molar-refractivity contribution < 1.29 is 61.1 Å². The van der Waals surface area contributed by atoms with Crippen LogP contribution in [-0.4, -0.2) is 194 Å². The average Bonchev–Trinajstić information content (AvgIpc) is 0.936. The van der Waals surface area contributed by atoms with Crippen LogP contribution in [0.25, 0.3) is 65.4 Å². The Morgan fingerprint density at radius 2 is 1.23 bits per heavy atom. The number of carbonyl (C=O) groups excluding carboxylic acids is 3. The second-order valence-electron chi connectivity index (χ2n) is 25.2. The van der Waals surface area contributed by atoms with Crippen molar-refractivity contribution in [1.29, 1.82) is 5.26 Å². The lowest BCUT2D eigenvalue weighted by Gasteiger charge is -2.42. The zero-order valence-corrected chi connectivity index (χ0v) is 60.4. The predicted molar refractivity (Wildman–Crippen MR) is 401 cm³/mol. The molecule has 0 unspecified atom stereocenters. The molecule has 1 atom stereocenters. The van der Waals surface area contributed by atoms with E-state index in [0.717, 1.165) is 33.1 Å². The minimum Gasteiger partial charge on any atom is -0.508 e. The minimum absolute atomic E-state index is 0.000633. The summed E-state index contributed by atoms with van der Waals surface area (Å²) in [5.74, 6) is -3.28. The summed E-state index contributed by atoms with van der Waals surface area (Å²) in [5.41, 5.74) is 3.92. The molecule has 0 bridgehead atoms. The smallest absolute Gasteiger partial charge is 0.318 e. The summed E-state index contributed by atoms with van der Waals surface area (Å²) in [6.07, 6.45) is 3.48. The summed E-state index contributed by atoms with van der Waals surface area (Å²) in [6.45, 7) is 15.0. The first-order chi connectivity index (χ1) is 52.1. The highest BCUT2D eigenvalue weighted by Crippen LogP contribution is 2.45. The highest BCUT2D eigenvalue weighted by Gasteiger charge is 2.36. The largest absolute Gasteiger partial charge is 0.508 e. The highest BCUT2D eigenvalue weighted by molar-refractivity contribution is 6.35. The first-order valence-corrected chi connectivity index (χ1v) is 34.8. The fourth-order valence-corrected chi connectivity index (χ4v) is 14.3. The Bertz CT molecular complexity index is 5490. The van der Waals surface area contributed by atoms with E-state index in [-0.39, 0.29) is 105 Å². The fraction of sp³-hybridized carbons (Fsp3) is 0.253. The van der Waals surface area contributed by atoms with Crippen molar-refractivity contribution in [2.24, 2.45) is 0 Å². The van der Waals surface area contributed by atoms with Gasteiger partial charge in [-0.25, -0.2) is 17.6 Å². The molecule has 26 nitrogen and oxygen atoms in total. The van der Waals surface area contributed by atoms with E-state index >= 15 is 4.39 Å². The summed E-state index contributed by atoms with van der Waals surface area (Å²) in [7, 11) is 4.33. The van der Waals surface area contributed by atoms with Crippen LogP contribution in [0, 0.1) is 23.0 Å². The fourth-order valence-electron chi connectivity index (χ4n) is 13.7. The summed E-state index contributed by atoms with van der Waals surface area (Å²) in [4.78, 5) is 79.9. The van der Waals surface area contributed by atoms with Crippen molar-refractivity contribution in [3.63, 3.8) is 0 Å². The number of H-pyrrole nitrogens is 1. The molecule has 3 amide bonds. The number of fused-ring (bicyclic) bond motifs is 6. The standard InChI is InChI=1S/C27H27FN6O3.C26H21ClF2N4O3.C22H18Cl2FN7O3/c1-17(28)26(36)34-12-11-33(15-19(34)7-9-29)25-22-8-10-32(16-23(22)30-27(31-25)37-2)24-14-20(35)13-18-5-3-4-6-21(18)24;1-14(28)25(35)33-9-7-32(8-10-33)24-19-13-20(27)21(22(29)23(19)30-26(31-24)36-2)18-12-16(34)11-15-5-3-4-6-17(15)18;1-3-16(33)31-4-6-32(7-5-31)20-11-8-15(23)27-21(18(11)28-22(29-20)34-2)35-19-12-10-26-30-14(12)9-13(25)17(19)24/h3-6,13-14,19,35H,1,7-8,10-12,15-16H2,2H3;3-6,11-13,34H,1,7-10H2,2H3;3,8-10H,1,4-7H2,2H3,(H,26,30)/t19-;;/m0../s1. The molecule has 9 heterocycles. The number of hydrogen-bond donors (Lipinski definition) is 3. The number of ether oxygens (including phenoxy) is 4. The lowest BCUT2D eigenvalue weighted by Crippen LogP contribution is -2.55. The first-order valence-electron chi connectivity index (χ1n) is 33.7. The van der Waals surface area contributed by atoms with Gasteiger partial charge >= 0.3 is 18.0 Å². The van der Waals surface area contributed by atoms with Crippen molar-refractivity contribution in [2.45, 2.75) is 25.4 Å². The van der Waals surface area contributed by atoms with Gasteiger partial charge in [-0.15, -0.1) is 0 Å². The Balaban J connectivity index is 0.000000143. The molecule has 554 valence electrons. The van der Waals surface area contributed by atoms with E-state index in [1.807, 2.05) is 63.2 Å². The monoisotopic (exact) mass is 1530 g/mol. The van der Waals surface area contributed by atoms with Crippen LogP contribution in [0.3, 0.4) is 0 Å². The molecule has 4 aliphatic heterocycles. The number of rotatable bonds is 14. The zero-order chi connectivity index (χ0) is 76.4. The molecule has 0 radical (unpaired) electrons. The zero-order valence-electron chi connectivity index (χ0n) is 58.2. The van der Waals surface area contributed by atoms with Crippen LogP contribution in [0.2, 0.25) is 15.2 Å². The van der Waals surface area contributed by atoms with Gasteiger partial charge in [0, 0.05) is 118 Å². The van der Waals surface area contributed by atoms with Gasteiger partial charge < -0.3 is 63.5 Å². The van der Waals surface area contributed by atoms with E-state index in [9.17, 15) is 43.0 Å². The number of nitrogens with zero attached hydrogens (tertiary/aromatic N) is 16. The van der Waals surface area contributed by atoms with E-state index in [1.165, 1.54) is 55.5 Å². The third kappa shape index (κ3) is 15.0. The quantitative estimate of drug-likeness (QED) is 0.0518. The molecule has 3 saturated heterocycles. The van der Waals surface area contributed by atoms with Crippen LogP contribution in [-0.2, 0) is 27.3 Å². The molecule has 6 aromatic carbocycles. The average molecular weight is 1530 g/mol. The number of benzene rings is 6. The maximum Gasteiger partial charge on any atom is 0.318 e. The summed E-state index contributed by atoms with van der Waals surface area (Å²) < 4.78 is 79.5. The Morgan fingerprint density at radius 1 is 0.648 bits per heavy atom. The number of methoxy groups -OCH3 is 3. The van der Waals surface area contributed by atoms with Crippen LogP contribution in [0.1, 0.15) is 17.7 Å². The van der Waals surface area contributed by atoms with E-state index in [1.54, 1.807) is 35.2 Å². The predicted octanol–water partition coefficient (Wildman–Crippen LogP) is 12.4. The van der Waals surface area contributed by atoms with Crippen LogP contribution >= 0.6 is 34.8 Å². The number of aromatic amines is 1. The van der Waals surface area contributed by atoms with E-state index < -0.39 is 41.1 Å². The Morgan fingerprint density at radius 3 is 1.87 bits per heavy atom. The van der Waals surface area contributed by atoms with E-state index in [0.29, 0.717) is 122 Å². The number of phenols is 2. The molecular formula is C75H66Cl3F4N17O9. The Labute approximate surface area is 628 Å². The van der Waals surface area contributed by atoms with Gasteiger partial charge in [0.2, 0.25) is 11.8 Å². The second-order valence-corrected chi connectivity index (χ2v) is 26.4. The molecule has 5 aromatic heterocycles. The third-order valence-electron chi connectivity index (χ3n) is 18.8. The molecule has 0 spiro atoms.